The minimum Gasteiger partial charge on any atom is -0.494 e. The monoisotopic (exact) mass is 440 g/mol. The number of nitrogens with one attached hydrogen (secondary N) is 1. The Balaban J connectivity index is 1.78. The third-order valence-corrected chi connectivity index (χ3v) is 4.98. The molecule has 164 valence electrons. The first kappa shape index (κ1) is 21.4. The lowest BCUT2D eigenvalue weighted by atomic mass is 10.1. The van der Waals surface area contributed by atoms with Crippen molar-refractivity contribution in [3.8, 4) is 11.6 Å². The van der Waals surface area contributed by atoms with Crippen LogP contribution in [0.15, 0.2) is 54.6 Å². The third-order valence-electron chi connectivity index (χ3n) is 4.98. The van der Waals surface area contributed by atoms with E-state index in [-0.39, 0.29) is 5.82 Å². The van der Waals surface area contributed by atoms with Crippen LogP contribution in [0.5, 0.6) is 5.75 Å². The summed E-state index contributed by atoms with van der Waals surface area (Å²) in [6, 6.07) is 13.5. The van der Waals surface area contributed by atoms with Crippen molar-refractivity contribution in [2.45, 2.75) is 20.0 Å². The zero-order valence-corrected chi connectivity index (χ0v) is 17.5. The number of carbonyl (C=O) groups is 1. The lowest BCUT2D eigenvalue weighted by molar-refractivity contribution is -0.137. The zero-order chi connectivity index (χ0) is 23.0. The van der Waals surface area contributed by atoms with Gasteiger partial charge in [0.1, 0.15) is 17.1 Å². The van der Waals surface area contributed by atoms with E-state index in [0.717, 1.165) is 23.1 Å². The highest BCUT2D eigenvalue weighted by molar-refractivity contribution is 6.05. The largest absolute Gasteiger partial charge is 0.494 e. The van der Waals surface area contributed by atoms with Crippen molar-refractivity contribution < 1.29 is 22.7 Å². The predicted molar refractivity (Wildman–Crippen MR) is 114 cm³/mol. The summed E-state index contributed by atoms with van der Waals surface area (Å²) in [7, 11) is 1.54. The van der Waals surface area contributed by atoms with Crippen molar-refractivity contribution >= 4 is 22.6 Å². The van der Waals surface area contributed by atoms with Crippen LogP contribution in [-0.2, 0) is 6.18 Å². The molecule has 4 aromatic rings. The summed E-state index contributed by atoms with van der Waals surface area (Å²) < 4.78 is 46.8. The van der Waals surface area contributed by atoms with Gasteiger partial charge in [0.15, 0.2) is 5.82 Å². The van der Waals surface area contributed by atoms with Gasteiger partial charge in [-0.15, -0.1) is 0 Å². The number of alkyl halides is 3. The summed E-state index contributed by atoms with van der Waals surface area (Å²) in [6.07, 6.45) is -4.66. The van der Waals surface area contributed by atoms with Gasteiger partial charge in [0.25, 0.3) is 5.91 Å². The van der Waals surface area contributed by atoms with E-state index in [1.807, 2.05) is 19.1 Å². The van der Waals surface area contributed by atoms with Gasteiger partial charge in [-0.2, -0.15) is 23.0 Å². The van der Waals surface area contributed by atoms with Crippen molar-refractivity contribution in [2.75, 3.05) is 12.4 Å². The van der Waals surface area contributed by atoms with Crippen LogP contribution in [0.4, 0.5) is 19.0 Å². The van der Waals surface area contributed by atoms with Gasteiger partial charge in [-0.05, 0) is 43.7 Å². The smallest absolute Gasteiger partial charge is 0.417 e. The lowest BCUT2D eigenvalue weighted by Gasteiger charge is -2.14. The molecule has 0 atom stereocenters. The Morgan fingerprint density at radius 3 is 2.53 bits per heavy atom. The highest BCUT2D eigenvalue weighted by atomic mass is 19.4. The van der Waals surface area contributed by atoms with E-state index in [2.05, 4.69) is 15.4 Å². The fourth-order valence-electron chi connectivity index (χ4n) is 3.52. The molecule has 0 aliphatic carbocycles. The molecule has 0 bridgehead atoms. The molecule has 4 rings (SSSR count). The maximum atomic E-state index is 13.3. The van der Waals surface area contributed by atoms with Crippen LogP contribution in [0.25, 0.3) is 16.7 Å². The fraction of sp³-hybridized carbons (Fsp3) is 0.174. The van der Waals surface area contributed by atoms with Gasteiger partial charge in [-0.25, -0.2) is 4.98 Å². The molecule has 1 amide bonds. The molecule has 2 heterocycles. The summed E-state index contributed by atoms with van der Waals surface area (Å²) in [4.78, 5) is 17.4. The van der Waals surface area contributed by atoms with E-state index in [4.69, 9.17) is 4.74 Å². The summed E-state index contributed by atoms with van der Waals surface area (Å²) in [5.41, 5.74) is 0.581. The molecular formula is C23H19F3N4O2. The minimum atomic E-state index is -4.66. The van der Waals surface area contributed by atoms with Crippen LogP contribution < -0.4 is 10.1 Å². The molecular weight excluding hydrogens is 421 g/mol. The van der Waals surface area contributed by atoms with Crippen LogP contribution in [0, 0.1) is 13.8 Å². The number of aromatic nitrogens is 3. The second kappa shape index (κ2) is 7.99. The minimum absolute atomic E-state index is 0.200. The summed E-state index contributed by atoms with van der Waals surface area (Å²) in [5, 5.41) is 7.81. The Hall–Kier alpha value is -3.88. The highest BCUT2D eigenvalue weighted by Gasteiger charge is 2.35. The van der Waals surface area contributed by atoms with Gasteiger partial charge in [0.05, 0.1) is 23.9 Å². The number of fused-ring (bicyclic) bond motifs is 1. The Kier molecular flexibility index (Phi) is 5.33. The number of aryl methyl sites for hydroxylation is 2. The Morgan fingerprint density at radius 2 is 1.81 bits per heavy atom. The van der Waals surface area contributed by atoms with Gasteiger partial charge >= 0.3 is 6.18 Å². The maximum Gasteiger partial charge on any atom is 0.417 e. The fourth-order valence-corrected chi connectivity index (χ4v) is 3.52. The number of halogens is 3. The van der Waals surface area contributed by atoms with Crippen LogP contribution in [0.2, 0.25) is 0 Å². The Morgan fingerprint density at radius 1 is 1.06 bits per heavy atom. The third kappa shape index (κ3) is 3.89. The summed E-state index contributed by atoms with van der Waals surface area (Å²) in [5.74, 6) is 0.271. The first-order valence-electron chi connectivity index (χ1n) is 9.68. The van der Waals surface area contributed by atoms with Crippen LogP contribution >= 0.6 is 0 Å². The number of hydrogen-bond donors (Lipinski definition) is 1. The number of nitrogens with zero attached hydrogens (tertiary/aromatic N) is 3. The van der Waals surface area contributed by atoms with Crippen LogP contribution in [0.1, 0.15) is 27.2 Å². The highest BCUT2D eigenvalue weighted by Crippen LogP contribution is 2.33. The normalized spacial score (nSPS) is 11.6. The van der Waals surface area contributed by atoms with E-state index < -0.39 is 23.2 Å². The zero-order valence-electron chi connectivity index (χ0n) is 17.5. The van der Waals surface area contributed by atoms with Crippen LogP contribution in [0.3, 0.4) is 0 Å². The van der Waals surface area contributed by atoms with Gasteiger partial charge in [0, 0.05) is 11.5 Å². The molecule has 0 aliphatic heterocycles. The van der Waals surface area contributed by atoms with Crippen molar-refractivity contribution in [1.82, 2.24) is 14.8 Å². The van der Waals surface area contributed by atoms with Crippen molar-refractivity contribution in [3.05, 3.63) is 77.0 Å². The number of pyridine rings is 1. The number of amides is 1. The molecule has 1 N–H and O–H groups in total. The standard InChI is InChI=1S/C23H19F3N4O2/c1-13-11-19(27-21-15(13)8-6-10-18(21)32-3)30-20(12-14(2)29-30)28-22(31)16-7-4-5-9-17(16)23(24,25)26/h4-12H,1-3H3,(H,28,31). The van der Waals surface area contributed by atoms with E-state index in [1.54, 1.807) is 32.2 Å². The molecule has 32 heavy (non-hydrogen) atoms. The van der Waals surface area contributed by atoms with E-state index in [0.29, 0.717) is 22.8 Å². The van der Waals surface area contributed by atoms with Crippen LogP contribution in [-0.4, -0.2) is 27.8 Å². The molecule has 2 aromatic carbocycles. The van der Waals surface area contributed by atoms with Crippen molar-refractivity contribution in [3.63, 3.8) is 0 Å². The number of anilines is 1. The summed E-state index contributed by atoms with van der Waals surface area (Å²) >= 11 is 0. The predicted octanol–water partition coefficient (Wildman–Crippen LogP) is 5.32. The number of ether oxygens (including phenoxy) is 1. The SMILES string of the molecule is COc1cccc2c(C)cc(-n3nc(C)cc3NC(=O)c3ccccc3C(F)(F)F)nc12. The number of rotatable bonds is 4. The maximum absolute atomic E-state index is 13.3. The molecule has 0 fully saturated rings. The molecule has 0 aliphatic rings. The molecule has 0 saturated heterocycles. The van der Waals surface area contributed by atoms with Gasteiger partial charge in [0.2, 0.25) is 0 Å². The average Bonchev–Trinajstić information content (AvgIpc) is 3.12. The van der Waals surface area contributed by atoms with Gasteiger partial charge in [-0.1, -0.05) is 24.3 Å². The molecule has 0 radical (unpaired) electrons. The number of para-hydroxylation sites is 1. The number of methoxy groups -OCH3 is 1. The second-order valence-corrected chi connectivity index (χ2v) is 7.23. The number of benzene rings is 2. The molecule has 0 saturated carbocycles. The Labute approximate surface area is 181 Å². The van der Waals surface area contributed by atoms with Gasteiger partial charge < -0.3 is 10.1 Å². The summed E-state index contributed by atoms with van der Waals surface area (Å²) in [6.45, 7) is 3.62. The second-order valence-electron chi connectivity index (χ2n) is 7.23. The number of carbonyl (C=O) groups excluding carboxylic acids is 1. The topological polar surface area (TPSA) is 69.0 Å². The van der Waals surface area contributed by atoms with E-state index in [9.17, 15) is 18.0 Å². The lowest BCUT2D eigenvalue weighted by Crippen LogP contribution is -2.20. The number of hydrogen-bond acceptors (Lipinski definition) is 4. The molecule has 6 nitrogen and oxygen atoms in total. The molecule has 0 unspecified atom stereocenters. The quantitative estimate of drug-likeness (QED) is 0.467. The van der Waals surface area contributed by atoms with E-state index >= 15 is 0 Å². The molecule has 2 aromatic heterocycles. The van der Waals surface area contributed by atoms with Crippen molar-refractivity contribution in [1.29, 1.82) is 0 Å². The first-order chi connectivity index (χ1) is 15.2. The first-order valence-corrected chi connectivity index (χ1v) is 9.68. The Bertz CT molecular complexity index is 1330. The van der Waals surface area contributed by atoms with Crippen molar-refractivity contribution in [2.24, 2.45) is 0 Å². The average molecular weight is 440 g/mol. The van der Waals surface area contributed by atoms with Gasteiger partial charge in [-0.3, -0.25) is 4.79 Å². The molecule has 9 heteroatoms. The molecule has 0 spiro atoms. The van der Waals surface area contributed by atoms with E-state index in [1.165, 1.54) is 16.8 Å².